The highest BCUT2D eigenvalue weighted by molar-refractivity contribution is 7.17. The zero-order valence-corrected chi connectivity index (χ0v) is 15.2. The Labute approximate surface area is 151 Å². The number of primary amides is 1. The van der Waals surface area contributed by atoms with Gasteiger partial charge in [-0.05, 0) is 61.9 Å². The van der Waals surface area contributed by atoms with Crippen molar-refractivity contribution in [3.8, 4) is 5.75 Å². The maximum absolute atomic E-state index is 12.5. The van der Waals surface area contributed by atoms with Gasteiger partial charge in [-0.3, -0.25) is 9.59 Å². The lowest BCUT2D eigenvalue weighted by Crippen LogP contribution is -2.19. The molecule has 0 fully saturated rings. The second-order valence-corrected chi connectivity index (χ2v) is 7.44. The van der Waals surface area contributed by atoms with Gasteiger partial charge in [-0.2, -0.15) is 0 Å². The number of nitrogens with two attached hydrogens (primary N) is 1. The van der Waals surface area contributed by atoms with Crippen molar-refractivity contribution in [1.82, 2.24) is 0 Å². The molecule has 2 aromatic rings. The van der Waals surface area contributed by atoms with E-state index in [1.807, 2.05) is 6.92 Å². The summed E-state index contributed by atoms with van der Waals surface area (Å²) in [5, 5.41) is 3.43. The van der Waals surface area contributed by atoms with Gasteiger partial charge in [-0.1, -0.05) is 6.92 Å². The molecule has 1 aliphatic rings. The molecule has 1 aliphatic carbocycles. The number of carbonyl (C=O) groups is 2. The first kappa shape index (κ1) is 17.5. The quantitative estimate of drug-likeness (QED) is 0.856. The van der Waals surface area contributed by atoms with Crippen LogP contribution in [0.2, 0.25) is 0 Å². The van der Waals surface area contributed by atoms with Crippen molar-refractivity contribution in [1.29, 1.82) is 0 Å². The van der Waals surface area contributed by atoms with Crippen LogP contribution in [-0.4, -0.2) is 18.4 Å². The maximum Gasteiger partial charge on any atom is 0.256 e. The van der Waals surface area contributed by atoms with Crippen molar-refractivity contribution in [2.24, 2.45) is 11.7 Å². The molecular formula is C19H22N2O3S. The van der Waals surface area contributed by atoms with E-state index >= 15 is 0 Å². The zero-order valence-electron chi connectivity index (χ0n) is 14.4. The van der Waals surface area contributed by atoms with E-state index in [1.165, 1.54) is 11.3 Å². The van der Waals surface area contributed by atoms with Crippen LogP contribution in [0.5, 0.6) is 5.75 Å². The molecule has 0 radical (unpaired) electrons. The number of fused-ring (bicyclic) bond motifs is 1. The first-order valence-corrected chi connectivity index (χ1v) is 9.29. The van der Waals surface area contributed by atoms with Crippen molar-refractivity contribution < 1.29 is 14.3 Å². The monoisotopic (exact) mass is 358 g/mol. The highest BCUT2D eigenvalue weighted by Crippen LogP contribution is 2.39. The van der Waals surface area contributed by atoms with E-state index in [-0.39, 0.29) is 5.91 Å². The van der Waals surface area contributed by atoms with Gasteiger partial charge in [0.05, 0.1) is 12.2 Å². The molecule has 5 nitrogen and oxygen atoms in total. The Morgan fingerprint density at radius 1 is 1.32 bits per heavy atom. The number of hydrogen-bond donors (Lipinski definition) is 2. The molecule has 132 valence electrons. The van der Waals surface area contributed by atoms with Crippen LogP contribution < -0.4 is 15.8 Å². The first-order chi connectivity index (χ1) is 12.0. The second-order valence-electron chi connectivity index (χ2n) is 6.33. The lowest BCUT2D eigenvalue weighted by atomic mass is 9.88. The van der Waals surface area contributed by atoms with E-state index in [4.69, 9.17) is 10.5 Å². The van der Waals surface area contributed by atoms with Crippen molar-refractivity contribution >= 4 is 28.2 Å². The predicted molar refractivity (Wildman–Crippen MR) is 99.6 cm³/mol. The fourth-order valence-corrected chi connectivity index (χ4v) is 4.56. The van der Waals surface area contributed by atoms with Gasteiger partial charge in [0.15, 0.2) is 0 Å². The smallest absolute Gasteiger partial charge is 0.256 e. The van der Waals surface area contributed by atoms with Crippen molar-refractivity contribution in [3.05, 3.63) is 45.8 Å². The van der Waals surface area contributed by atoms with Crippen LogP contribution in [0.1, 0.15) is 51.4 Å². The summed E-state index contributed by atoms with van der Waals surface area (Å²) in [7, 11) is 0. The number of rotatable bonds is 5. The molecule has 0 aliphatic heterocycles. The summed E-state index contributed by atoms with van der Waals surface area (Å²) in [6, 6.07) is 6.93. The first-order valence-electron chi connectivity index (χ1n) is 8.48. The molecule has 3 rings (SSSR count). The molecule has 6 heteroatoms. The number of nitrogens with one attached hydrogen (secondary N) is 1. The van der Waals surface area contributed by atoms with Gasteiger partial charge < -0.3 is 15.8 Å². The van der Waals surface area contributed by atoms with E-state index in [0.717, 1.165) is 35.5 Å². The molecule has 0 saturated carbocycles. The molecular weight excluding hydrogens is 336 g/mol. The standard InChI is InChI=1S/C19H22N2O3S/c1-3-24-13-7-5-12(6-8-13)18(23)21-19-16(17(20)22)14-9-4-11(2)10-15(14)25-19/h5-8,11H,3-4,9-10H2,1-2H3,(H2,20,22)(H,21,23). The number of anilines is 1. The number of hydrogen-bond acceptors (Lipinski definition) is 4. The third-order valence-corrected chi connectivity index (χ3v) is 5.58. The largest absolute Gasteiger partial charge is 0.494 e. The zero-order chi connectivity index (χ0) is 18.0. The molecule has 1 heterocycles. The van der Waals surface area contributed by atoms with Gasteiger partial charge in [-0.25, -0.2) is 0 Å². The third-order valence-electron chi connectivity index (χ3n) is 4.41. The summed E-state index contributed by atoms with van der Waals surface area (Å²) < 4.78 is 5.38. The van der Waals surface area contributed by atoms with Crippen molar-refractivity contribution in [3.63, 3.8) is 0 Å². The Bertz CT molecular complexity index is 796. The minimum atomic E-state index is -0.478. The Balaban J connectivity index is 1.84. The summed E-state index contributed by atoms with van der Waals surface area (Å²) in [6.07, 6.45) is 2.81. The molecule has 1 unspecified atom stereocenters. The van der Waals surface area contributed by atoms with Gasteiger partial charge in [0.25, 0.3) is 11.8 Å². The van der Waals surface area contributed by atoms with Crippen LogP contribution in [0, 0.1) is 5.92 Å². The van der Waals surface area contributed by atoms with E-state index in [9.17, 15) is 9.59 Å². The second kappa shape index (κ2) is 7.27. The maximum atomic E-state index is 12.5. The number of ether oxygens (including phenoxy) is 1. The highest BCUT2D eigenvalue weighted by Gasteiger charge is 2.27. The van der Waals surface area contributed by atoms with Gasteiger partial charge in [0, 0.05) is 10.4 Å². The lowest BCUT2D eigenvalue weighted by Gasteiger charge is -2.18. The molecule has 1 aromatic heterocycles. The average molecular weight is 358 g/mol. The molecule has 3 N–H and O–H groups in total. The van der Waals surface area contributed by atoms with Crippen LogP contribution in [0.25, 0.3) is 0 Å². The number of amides is 2. The summed E-state index contributed by atoms with van der Waals surface area (Å²) in [5.74, 6) is 0.574. The van der Waals surface area contributed by atoms with Gasteiger partial charge >= 0.3 is 0 Å². The summed E-state index contributed by atoms with van der Waals surface area (Å²) >= 11 is 1.47. The molecule has 0 saturated heterocycles. The van der Waals surface area contributed by atoms with Crippen LogP contribution in [0.15, 0.2) is 24.3 Å². The lowest BCUT2D eigenvalue weighted by molar-refractivity contribution is 0.1000. The van der Waals surface area contributed by atoms with Crippen molar-refractivity contribution in [2.75, 3.05) is 11.9 Å². The predicted octanol–water partition coefficient (Wildman–Crippen LogP) is 3.62. The normalized spacial score (nSPS) is 16.2. The number of benzene rings is 1. The minimum absolute atomic E-state index is 0.253. The Morgan fingerprint density at radius 2 is 2.04 bits per heavy atom. The molecule has 0 bridgehead atoms. The van der Waals surface area contributed by atoms with E-state index < -0.39 is 5.91 Å². The number of carbonyl (C=O) groups excluding carboxylic acids is 2. The molecule has 2 amide bonds. The van der Waals surface area contributed by atoms with Gasteiger partial charge in [0.2, 0.25) is 0 Å². The topological polar surface area (TPSA) is 81.4 Å². The Kier molecular flexibility index (Phi) is 5.08. The fraction of sp³-hybridized carbons (Fsp3) is 0.368. The Hall–Kier alpha value is -2.34. The van der Waals surface area contributed by atoms with Crippen molar-refractivity contribution in [2.45, 2.75) is 33.1 Å². The van der Waals surface area contributed by atoms with Gasteiger partial charge in [0.1, 0.15) is 10.8 Å². The van der Waals surface area contributed by atoms with Gasteiger partial charge in [-0.15, -0.1) is 11.3 Å². The fourth-order valence-electron chi connectivity index (χ4n) is 3.14. The third kappa shape index (κ3) is 3.69. The van der Waals surface area contributed by atoms with Crippen LogP contribution >= 0.6 is 11.3 Å². The molecule has 1 aromatic carbocycles. The average Bonchev–Trinajstić information content (AvgIpc) is 2.92. The number of thiophene rings is 1. The van der Waals surface area contributed by atoms with Crippen LogP contribution in [-0.2, 0) is 12.8 Å². The van der Waals surface area contributed by atoms with E-state index in [0.29, 0.717) is 28.7 Å². The van der Waals surface area contributed by atoms with E-state index in [1.54, 1.807) is 24.3 Å². The summed E-state index contributed by atoms with van der Waals surface area (Å²) in [5.41, 5.74) is 7.59. The van der Waals surface area contributed by atoms with Crippen LogP contribution in [0.4, 0.5) is 5.00 Å². The summed E-state index contributed by atoms with van der Waals surface area (Å²) in [4.78, 5) is 25.6. The SMILES string of the molecule is CCOc1ccc(C(=O)Nc2sc3c(c2C(N)=O)CCC(C)C3)cc1. The van der Waals surface area contributed by atoms with E-state index in [2.05, 4.69) is 12.2 Å². The summed E-state index contributed by atoms with van der Waals surface area (Å²) in [6.45, 7) is 4.68. The highest BCUT2D eigenvalue weighted by atomic mass is 32.1. The molecule has 0 spiro atoms. The molecule has 25 heavy (non-hydrogen) atoms. The Morgan fingerprint density at radius 3 is 2.68 bits per heavy atom. The minimum Gasteiger partial charge on any atom is -0.494 e. The molecule has 1 atom stereocenters. The van der Waals surface area contributed by atoms with Crippen LogP contribution in [0.3, 0.4) is 0 Å².